The van der Waals surface area contributed by atoms with Crippen LogP contribution in [0.5, 0.6) is 0 Å². The lowest BCUT2D eigenvalue weighted by molar-refractivity contribution is 0.548. The van der Waals surface area contributed by atoms with Crippen LogP contribution in [0.25, 0.3) is 0 Å². The maximum absolute atomic E-state index is 8.13. The first-order chi connectivity index (χ1) is 14.8. The average Bonchev–Trinajstić information content (AvgIpc) is 2.75. The molecule has 0 aromatic carbocycles. The van der Waals surface area contributed by atoms with Crippen LogP contribution in [0.1, 0.15) is 168 Å². The van der Waals surface area contributed by atoms with Crippen molar-refractivity contribution in [1.82, 2.24) is 0 Å². The van der Waals surface area contributed by atoms with Gasteiger partial charge in [0.1, 0.15) is 0 Å². The van der Waals surface area contributed by atoms with Crippen LogP contribution < -0.4 is 0 Å². The molecule has 0 saturated heterocycles. The highest BCUT2D eigenvalue weighted by atomic mass is 35.5. The largest absolute Gasteiger partial charge is 0.298 e. The molecule has 31 heavy (non-hydrogen) atoms. The van der Waals surface area contributed by atoms with Crippen molar-refractivity contribution in [1.29, 1.82) is 5.41 Å². The van der Waals surface area contributed by atoms with Crippen LogP contribution in [0.4, 0.5) is 0 Å². The summed E-state index contributed by atoms with van der Waals surface area (Å²) in [5.74, 6) is 1.17. The number of hydrogen-bond acceptors (Lipinski definition) is 2. The normalized spacial score (nSPS) is 10.9. The highest BCUT2D eigenvalue weighted by Gasteiger charge is 2.00. The number of halogens is 1. The second kappa shape index (κ2) is 30.3. The fourth-order valence-electron chi connectivity index (χ4n) is 4.16. The van der Waals surface area contributed by atoms with E-state index in [1.165, 1.54) is 153 Å². The lowest BCUT2D eigenvalue weighted by Gasteiger charge is -2.05. The molecular formula is C28H58ClNS. The van der Waals surface area contributed by atoms with Crippen LogP contribution in [0, 0.1) is 5.41 Å². The zero-order valence-electron chi connectivity index (χ0n) is 21.5. The first-order valence-corrected chi connectivity index (χ1v) is 15.0. The molecule has 0 fully saturated rings. The van der Waals surface area contributed by atoms with Gasteiger partial charge in [0.15, 0.2) is 0 Å². The molecule has 0 heterocycles. The standard InChI is InChI=1S/C28H57NS.ClH/c1-3-5-7-9-11-13-15-17-19-21-23-25-27-30-28(29)26-24-22-20-18-16-14-12-10-8-6-4-2;/h29H,3-27H2,1-2H3;1H. The smallest absolute Gasteiger partial charge is 0.0641 e. The van der Waals surface area contributed by atoms with E-state index < -0.39 is 0 Å². The molecule has 0 aliphatic heterocycles. The van der Waals surface area contributed by atoms with Crippen LogP contribution in [-0.4, -0.2) is 10.8 Å². The van der Waals surface area contributed by atoms with E-state index in [-0.39, 0.29) is 12.4 Å². The van der Waals surface area contributed by atoms with Crippen molar-refractivity contribution in [3.8, 4) is 0 Å². The third-order valence-electron chi connectivity index (χ3n) is 6.28. The van der Waals surface area contributed by atoms with Gasteiger partial charge in [0.25, 0.3) is 0 Å². The molecule has 0 saturated carbocycles. The summed E-state index contributed by atoms with van der Waals surface area (Å²) in [6, 6.07) is 0. The minimum Gasteiger partial charge on any atom is -0.298 e. The lowest BCUT2D eigenvalue weighted by atomic mass is 10.1. The molecule has 0 amide bonds. The average molecular weight is 476 g/mol. The molecule has 0 spiro atoms. The summed E-state index contributed by atoms with van der Waals surface area (Å²) in [5.41, 5.74) is 0. The van der Waals surface area contributed by atoms with Crippen molar-refractivity contribution in [2.24, 2.45) is 0 Å². The Morgan fingerprint density at radius 1 is 0.452 bits per heavy atom. The number of nitrogens with one attached hydrogen (secondary N) is 1. The van der Waals surface area contributed by atoms with Crippen molar-refractivity contribution in [2.75, 3.05) is 5.75 Å². The van der Waals surface area contributed by atoms with Crippen molar-refractivity contribution in [3.63, 3.8) is 0 Å². The van der Waals surface area contributed by atoms with E-state index in [1.54, 1.807) is 0 Å². The topological polar surface area (TPSA) is 23.9 Å². The Kier molecular flexibility index (Phi) is 32.7. The van der Waals surface area contributed by atoms with Gasteiger partial charge >= 0.3 is 0 Å². The third-order valence-corrected chi connectivity index (χ3v) is 7.33. The highest BCUT2D eigenvalue weighted by Crippen LogP contribution is 2.17. The molecule has 0 aliphatic rings. The zero-order valence-corrected chi connectivity index (χ0v) is 23.1. The van der Waals surface area contributed by atoms with E-state index in [0.29, 0.717) is 0 Å². The van der Waals surface area contributed by atoms with E-state index in [1.807, 2.05) is 11.8 Å². The van der Waals surface area contributed by atoms with Crippen LogP contribution in [0.2, 0.25) is 0 Å². The van der Waals surface area contributed by atoms with E-state index in [9.17, 15) is 0 Å². The van der Waals surface area contributed by atoms with E-state index >= 15 is 0 Å². The Bertz CT molecular complexity index is 335. The fraction of sp³-hybridized carbons (Fsp3) is 0.964. The van der Waals surface area contributed by atoms with Gasteiger partial charge in [0.05, 0.1) is 5.04 Å². The van der Waals surface area contributed by atoms with E-state index in [0.717, 1.165) is 11.5 Å². The molecule has 1 N–H and O–H groups in total. The van der Waals surface area contributed by atoms with Gasteiger partial charge in [0.2, 0.25) is 0 Å². The van der Waals surface area contributed by atoms with Gasteiger partial charge in [-0.2, -0.15) is 0 Å². The minimum absolute atomic E-state index is 0. The van der Waals surface area contributed by atoms with Crippen LogP contribution in [-0.2, 0) is 0 Å². The van der Waals surface area contributed by atoms with Crippen molar-refractivity contribution in [2.45, 2.75) is 168 Å². The molecule has 0 atom stereocenters. The van der Waals surface area contributed by atoms with E-state index in [4.69, 9.17) is 5.41 Å². The maximum Gasteiger partial charge on any atom is 0.0641 e. The Hall–Kier alpha value is 0.310. The Labute approximate surface area is 208 Å². The second-order valence-electron chi connectivity index (χ2n) is 9.45. The van der Waals surface area contributed by atoms with Gasteiger partial charge in [-0.25, -0.2) is 0 Å². The highest BCUT2D eigenvalue weighted by molar-refractivity contribution is 8.13. The van der Waals surface area contributed by atoms with Gasteiger partial charge in [-0.15, -0.1) is 24.2 Å². The SMILES string of the molecule is CCCCCCCCCCCCCCSC(=N)CCCCCCCCCCCCC.Cl. The van der Waals surface area contributed by atoms with Crippen molar-refractivity contribution < 1.29 is 0 Å². The molecule has 1 nitrogen and oxygen atoms in total. The molecule has 0 rings (SSSR count). The van der Waals surface area contributed by atoms with Crippen LogP contribution in [0.15, 0.2) is 0 Å². The van der Waals surface area contributed by atoms with Gasteiger partial charge in [0, 0.05) is 0 Å². The predicted molar refractivity (Wildman–Crippen MR) is 150 cm³/mol. The second-order valence-corrected chi connectivity index (χ2v) is 10.6. The van der Waals surface area contributed by atoms with Crippen molar-refractivity contribution >= 4 is 29.2 Å². The Morgan fingerprint density at radius 2 is 0.742 bits per heavy atom. The third kappa shape index (κ3) is 30.3. The Morgan fingerprint density at radius 3 is 1.10 bits per heavy atom. The molecule has 3 heteroatoms. The van der Waals surface area contributed by atoms with E-state index in [2.05, 4.69) is 13.8 Å². The zero-order chi connectivity index (χ0) is 22.0. The number of rotatable bonds is 25. The molecule has 0 bridgehead atoms. The van der Waals surface area contributed by atoms with Gasteiger partial charge in [-0.1, -0.05) is 149 Å². The summed E-state index contributed by atoms with van der Waals surface area (Å²) in [7, 11) is 0. The van der Waals surface area contributed by atoms with Gasteiger partial charge < -0.3 is 0 Å². The summed E-state index contributed by atoms with van der Waals surface area (Å²) in [6.07, 6.45) is 33.4. The summed E-state index contributed by atoms with van der Waals surface area (Å²) in [5, 5.41) is 9.07. The van der Waals surface area contributed by atoms with Crippen molar-refractivity contribution in [3.05, 3.63) is 0 Å². The van der Waals surface area contributed by atoms with Gasteiger partial charge in [-0.3, -0.25) is 5.41 Å². The van der Waals surface area contributed by atoms with Crippen LogP contribution >= 0.6 is 24.2 Å². The first-order valence-electron chi connectivity index (χ1n) is 14.0. The predicted octanol–water partition coefficient (Wildman–Crippen LogP) is 11.5. The summed E-state index contributed by atoms with van der Waals surface area (Å²) >= 11 is 1.82. The minimum atomic E-state index is 0. The molecule has 0 aromatic rings. The summed E-state index contributed by atoms with van der Waals surface area (Å²) in [6.45, 7) is 4.58. The summed E-state index contributed by atoms with van der Waals surface area (Å²) < 4.78 is 0. The first kappa shape index (κ1) is 33.5. The van der Waals surface area contributed by atoms with Gasteiger partial charge in [-0.05, 0) is 25.0 Å². The van der Waals surface area contributed by atoms with Crippen LogP contribution in [0.3, 0.4) is 0 Å². The summed E-state index contributed by atoms with van der Waals surface area (Å²) in [4.78, 5) is 0. The maximum atomic E-state index is 8.13. The quantitative estimate of drug-likeness (QED) is 0.0791. The number of unbranched alkanes of at least 4 members (excludes halogenated alkanes) is 21. The number of thioether (sulfide) groups is 1. The molecule has 0 radical (unpaired) electrons. The monoisotopic (exact) mass is 475 g/mol. The molecule has 0 aliphatic carbocycles. The molecule has 0 unspecified atom stereocenters. The molecule has 0 aromatic heterocycles. The Balaban J connectivity index is 0. The number of hydrogen-bond donors (Lipinski definition) is 1. The molecule has 188 valence electrons. The fourth-order valence-corrected chi connectivity index (χ4v) is 5.04. The lowest BCUT2D eigenvalue weighted by Crippen LogP contribution is -1.93. The molecular weight excluding hydrogens is 418 g/mol.